The lowest BCUT2D eigenvalue weighted by molar-refractivity contribution is 0.278. The standard InChI is InChI=1S/C27H24Br2FN3O3/c1-4-16(2)26-32-23-10-9-19(28)13-20(23)27(34)33(26)31-14-17-11-21(29)25(24(12-17)35-3)36-15-18-7-5-6-8-22(18)30/h5-14,16H,4,15H2,1-3H3/t16-/m0/s1. The smallest absolute Gasteiger partial charge is 0.282 e. The molecule has 0 aliphatic carbocycles. The van der Waals surface area contributed by atoms with Crippen LogP contribution >= 0.6 is 31.9 Å². The van der Waals surface area contributed by atoms with Crippen LogP contribution in [0.4, 0.5) is 4.39 Å². The minimum atomic E-state index is -0.338. The van der Waals surface area contributed by atoms with E-state index in [2.05, 4.69) is 37.0 Å². The molecule has 9 heteroatoms. The number of halogens is 3. The van der Waals surface area contributed by atoms with Crippen molar-refractivity contribution in [2.24, 2.45) is 5.10 Å². The van der Waals surface area contributed by atoms with Crippen molar-refractivity contribution in [3.63, 3.8) is 0 Å². The average Bonchev–Trinajstić information content (AvgIpc) is 2.87. The summed E-state index contributed by atoms with van der Waals surface area (Å²) in [4.78, 5) is 18.1. The van der Waals surface area contributed by atoms with Crippen molar-refractivity contribution in [3.05, 3.63) is 96.7 Å². The third kappa shape index (κ3) is 5.52. The molecular formula is C27H24Br2FN3O3. The molecule has 0 unspecified atom stereocenters. The predicted molar refractivity (Wildman–Crippen MR) is 147 cm³/mol. The Morgan fingerprint density at radius 2 is 1.94 bits per heavy atom. The third-order valence-corrected chi connectivity index (χ3v) is 6.87. The molecule has 0 saturated heterocycles. The Morgan fingerprint density at radius 3 is 2.67 bits per heavy atom. The molecule has 4 rings (SSSR count). The Labute approximate surface area is 225 Å². The summed E-state index contributed by atoms with van der Waals surface area (Å²) in [6.45, 7) is 4.10. The summed E-state index contributed by atoms with van der Waals surface area (Å²) in [5, 5.41) is 4.99. The summed E-state index contributed by atoms with van der Waals surface area (Å²) in [6.07, 6.45) is 2.38. The Morgan fingerprint density at radius 1 is 1.17 bits per heavy atom. The first-order valence-corrected chi connectivity index (χ1v) is 12.9. The Kier molecular flexibility index (Phi) is 8.21. The largest absolute Gasteiger partial charge is 0.493 e. The first kappa shape index (κ1) is 26.0. The van der Waals surface area contributed by atoms with Gasteiger partial charge in [0.15, 0.2) is 11.5 Å². The van der Waals surface area contributed by atoms with Crippen LogP contribution in [0.5, 0.6) is 11.5 Å². The van der Waals surface area contributed by atoms with Gasteiger partial charge in [0.1, 0.15) is 18.2 Å². The number of nitrogens with zero attached hydrogens (tertiary/aromatic N) is 3. The lowest BCUT2D eigenvalue weighted by Crippen LogP contribution is -2.23. The van der Waals surface area contributed by atoms with Crippen LogP contribution in [0.3, 0.4) is 0 Å². The maximum atomic E-state index is 14.0. The summed E-state index contributed by atoms with van der Waals surface area (Å²) < 4.78 is 28.1. The zero-order valence-electron chi connectivity index (χ0n) is 20.0. The molecule has 0 amide bonds. The molecule has 0 spiro atoms. The molecule has 0 N–H and O–H groups in total. The SMILES string of the molecule is CC[C@H](C)c1nc2ccc(Br)cc2c(=O)n1N=Cc1cc(Br)c(OCc2ccccc2F)c(OC)c1. The van der Waals surface area contributed by atoms with Crippen LogP contribution in [0.2, 0.25) is 0 Å². The topological polar surface area (TPSA) is 65.7 Å². The molecule has 186 valence electrons. The summed E-state index contributed by atoms with van der Waals surface area (Å²) >= 11 is 6.94. The van der Waals surface area contributed by atoms with Crippen LogP contribution in [0.15, 0.2) is 73.4 Å². The van der Waals surface area contributed by atoms with Gasteiger partial charge in [0, 0.05) is 16.0 Å². The highest BCUT2D eigenvalue weighted by Crippen LogP contribution is 2.37. The second-order valence-electron chi connectivity index (χ2n) is 8.22. The molecule has 6 nitrogen and oxygen atoms in total. The Hall–Kier alpha value is -3.04. The second kappa shape index (κ2) is 11.3. The van der Waals surface area contributed by atoms with E-state index in [4.69, 9.17) is 14.5 Å². The normalized spacial score (nSPS) is 12.3. The van der Waals surface area contributed by atoms with E-state index < -0.39 is 0 Å². The number of hydrogen-bond acceptors (Lipinski definition) is 5. The van der Waals surface area contributed by atoms with Crippen molar-refractivity contribution >= 4 is 49.0 Å². The number of rotatable bonds is 8. The number of ether oxygens (including phenoxy) is 2. The quantitative estimate of drug-likeness (QED) is 0.199. The first-order chi connectivity index (χ1) is 17.3. The fourth-order valence-electron chi connectivity index (χ4n) is 3.62. The summed E-state index contributed by atoms with van der Waals surface area (Å²) in [5.41, 5.74) is 1.49. The van der Waals surface area contributed by atoms with Gasteiger partial charge in [-0.3, -0.25) is 4.79 Å². The van der Waals surface area contributed by atoms with E-state index in [0.29, 0.717) is 43.8 Å². The minimum Gasteiger partial charge on any atom is -0.493 e. The average molecular weight is 617 g/mol. The van der Waals surface area contributed by atoms with Crippen molar-refractivity contribution in [1.82, 2.24) is 9.66 Å². The van der Waals surface area contributed by atoms with Gasteiger partial charge < -0.3 is 9.47 Å². The Balaban J connectivity index is 1.71. The summed E-state index contributed by atoms with van der Waals surface area (Å²) in [7, 11) is 1.52. The van der Waals surface area contributed by atoms with Crippen LogP contribution in [0.1, 0.15) is 43.1 Å². The predicted octanol–water partition coefficient (Wildman–Crippen LogP) is 7.04. The van der Waals surface area contributed by atoms with E-state index in [1.165, 1.54) is 17.9 Å². The van der Waals surface area contributed by atoms with Gasteiger partial charge in [0.25, 0.3) is 5.56 Å². The molecule has 0 saturated carbocycles. The van der Waals surface area contributed by atoms with Gasteiger partial charge in [-0.25, -0.2) is 9.37 Å². The fraction of sp³-hybridized carbons (Fsp3) is 0.222. The Bertz CT molecular complexity index is 1500. The van der Waals surface area contributed by atoms with Crippen LogP contribution in [0, 0.1) is 5.82 Å². The van der Waals surface area contributed by atoms with Gasteiger partial charge in [-0.15, -0.1) is 0 Å². The number of methoxy groups -OCH3 is 1. The highest BCUT2D eigenvalue weighted by atomic mass is 79.9. The number of aromatic nitrogens is 2. The molecule has 0 bridgehead atoms. The van der Waals surface area contributed by atoms with Crippen LogP contribution in [-0.2, 0) is 6.61 Å². The molecule has 1 atom stereocenters. The van der Waals surface area contributed by atoms with Crippen LogP contribution < -0.4 is 15.0 Å². The second-order valence-corrected chi connectivity index (χ2v) is 9.99. The van der Waals surface area contributed by atoms with E-state index in [1.54, 1.807) is 42.6 Å². The minimum absolute atomic E-state index is 0.0262. The number of benzene rings is 3. The van der Waals surface area contributed by atoms with Gasteiger partial charge in [0.2, 0.25) is 0 Å². The third-order valence-electron chi connectivity index (χ3n) is 5.79. The zero-order chi connectivity index (χ0) is 25.8. The first-order valence-electron chi connectivity index (χ1n) is 11.3. The lowest BCUT2D eigenvalue weighted by Gasteiger charge is -2.15. The molecule has 4 aromatic rings. The molecule has 0 fully saturated rings. The highest BCUT2D eigenvalue weighted by molar-refractivity contribution is 9.10. The van der Waals surface area contributed by atoms with Gasteiger partial charge in [0.05, 0.1) is 28.7 Å². The van der Waals surface area contributed by atoms with Gasteiger partial charge >= 0.3 is 0 Å². The van der Waals surface area contributed by atoms with Crippen molar-refractivity contribution in [2.75, 3.05) is 7.11 Å². The zero-order valence-corrected chi connectivity index (χ0v) is 23.1. The van der Waals surface area contributed by atoms with E-state index >= 15 is 0 Å². The molecule has 3 aromatic carbocycles. The summed E-state index contributed by atoms with van der Waals surface area (Å²) in [5.74, 6) is 1.16. The monoisotopic (exact) mass is 615 g/mol. The van der Waals surface area contributed by atoms with Crippen molar-refractivity contribution in [1.29, 1.82) is 0 Å². The number of fused-ring (bicyclic) bond motifs is 1. The van der Waals surface area contributed by atoms with E-state index in [1.807, 2.05) is 26.0 Å². The maximum absolute atomic E-state index is 14.0. The van der Waals surface area contributed by atoms with Gasteiger partial charge in [-0.1, -0.05) is 48.0 Å². The van der Waals surface area contributed by atoms with Gasteiger partial charge in [-0.2, -0.15) is 9.78 Å². The number of hydrogen-bond donors (Lipinski definition) is 0. The molecule has 1 aromatic heterocycles. The van der Waals surface area contributed by atoms with Crippen LogP contribution in [0.25, 0.3) is 10.9 Å². The molecule has 36 heavy (non-hydrogen) atoms. The molecule has 0 radical (unpaired) electrons. The van der Waals surface area contributed by atoms with E-state index in [0.717, 1.165) is 10.9 Å². The molecular weight excluding hydrogens is 593 g/mol. The van der Waals surface area contributed by atoms with Crippen molar-refractivity contribution < 1.29 is 13.9 Å². The van der Waals surface area contributed by atoms with Crippen molar-refractivity contribution in [2.45, 2.75) is 32.8 Å². The van der Waals surface area contributed by atoms with E-state index in [9.17, 15) is 9.18 Å². The van der Waals surface area contributed by atoms with Crippen LogP contribution in [-0.4, -0.2) is 23.0 Å². The maximum Gasteiger partial charge on any atom is 0.282 e. The summed E-state index contributed by atoms with van der Waals surface area (Å²) in [6, 6.07) is 15.4. The lowest BCUT2D eigenvalue weighted by atomic mass is 10.1. The van der Waals surface area contributed by atoms with E-state index in [-0.39, 0.29) is 23.9 Å². The van der Waals surface area contributed by atoms with Crippen molar-refractivity contribution in [3.8, 4) is 11.5 Å². The molecule has 0 aliphatic rings. The molecule has 1 heterocycles. The fourth-order valence-corrected chi connectivity index (χ4v) is 4.56. The molecule has 0 aliphatic heterocycles. The highest BCUT2D eigenvalue weighted by Gasteiger charge is 2.16. The van der Waals surface area contributed by atoms with Gasteiger partial charge in [-0.05, 0) is 64.3 Å².